The number of nitrogens with one attached hydrogen (secondary N) is 2. The van der Waals surface area contributed by atoms with Gasteiger partial charge in [-0.25, -0.2) is 9.78 Å². The SMILES string of the molecule is COc1nc(-c2cccc(-c3cccc(NC(=O)c4cn(C)c(=O)n(C)c4=O)c3Cl)c2Cl)cc2c1C(NC1CCCCC1)C(O)C2. The fourth-order valence-corrected chi connectivity index (χ4v) is 7.16. The Morgan fingerprint density at radius 2 is 1.67 bits per heavy atom. The lowest BCUT2D eigenvalue weighted by Gasteiger charge is -2.29. The minimum Gasteiger partial charge on any atom is -0.481 e. The van der Waals surface area contributed by atoms with Crippen molar-refractivity contribution in [3.63, 3.8) is 0 Å². The Balaban J connectivity index is 1.33. The number of aryl methyl sites for hydroxylation is 1. The van der Waals surface area contributed by atoms with Gasteiger partial charge in [0.25, 0.3) is 11.5 Å². The number of fused-ring (bicyclic) bond motifs is 1. The van der Waals surface area contributed by atoms with E-state index < -0.39 is 23.3 Å². The van der Waals surface area contributed by atoms with Gasteiger partial charge < -0.3 is 25.0 Å². The van der Waals surface area contributed by atoms with Crippen molar-refractivity contribution in [1.29, 1.82) is 0 Å². The van der Waals surface area contributed by atoms with E-state index in [9.17, 15) is 19.5 Å². The number of aliphatic hydroxyl groups is 1. The van der Waals surface area contributed by atoms with Crippen LogP contribution in [0.5, 0.6) is 5.88 Å². The second kappa shape index (κ2) is 13.0. The minimum absolute atomic E-state index is 0.205. The highest BCUT2D eigenvalue weighted by molar-refractivity contribution is 6.39. The second-order valence-corrected chi connectivity index (χ2v) is 12.7. The number of rotatable bonds is 7. The number of benzene rings is 2. The number of halogens is 2. The number of ether oxygens (including phenoxy) is 1. The predicted molar refractivity (Wildman–Crippen MR) is 179 cm³/mol. The number of carbonyl (C=O) groups is 1. The molecule has 240 valence electrons. The van der Waals surface area contributed by atoms with Crippen LogP contribution in [0.1, 0.15) is 59.6 Å². The van der Waals surface area contributed by atoms with E-state index in [2.05, 4.69) is 10.6 Å². The number of amides is 1. The van der Waals surface area contributed by atoms with Gasteiger partial charge in [0, 0.05) is 55.0 Å². The van der Waals surface area contributed by atoms with E-state index in [-0.39, 0.29) is 22.3 Å². The average molecular weight is 665 g/mol. The first-order chi connectivity index (χ1) is 22.1. The van der Waals surface area contributed by atoms with Crippen LogP contribution in [0.15, 0.2) is 58.3 Å². The summed E-state index contributed by atoms with van der Waals surface area (Å²) in [5.74, 6) is -0.255. The monoisotopic (exact) mass is 663 g/mol. The van der Waals surface area contributed by atoms with E-state index in [1.54, 1.807) is 25.3 Å². The lowest BCUT2D eigenvalue weighted by molar-refractivity contribution is 0.102. The molecule has 2 aliphatic carbocycles. The van der Waals surface area contributed by atoms with Crippen molar-refractivity contribution in [3.8, 4) is 28.3 Å². The number of carbonyl (C=O) groups excluding carboxylic acids is 1. The van der Waals surface area contributed by atoms with Crippen LogP contribution >= 0.6 is 23.2 Å². The molecule has 0 saturated heterocycles. The second-order valence-electron chi connectivity index (χ2n) is 11.9. The molecule has 1 fully saturated rings. The van der Waals surface area contributed by atoms with Gasteiger partial charge in [0.2, 0.25) is 5.88 Å². The van der Waals surface area contributed by atoms with Crippen molar-refractivity contribution in [2.24, 2.45) is 14.1 Å². The molecule has 0 radical (unpaired) electrons. The molecule has 2 unspecified atom stereocenters. The third kappa shape index (κ3) is 5.86. The average Bonchev–Trinajstić information content (AvgIpc) is 3.37. The number of aromatic nitrogens is 3. The largest absolute Gasteiger partial charge is 0.481 e. The third-order valence-electron chi connectivity index (χ3n) is 8.95. The number of pyridine rings is 1. The summed E-state index contributed by atoms with van der Waals surface area (Å²) >= 11 is 13.9. The molecule has 0 spiro atoms. The Morgan fingerprint density at radius 1 is 1.00 bits per heavy atom. The van der Waals surface area contributed by atoms with Gasteiger partial charge >= 0.3 is 5.69 Å². The van der Waals surface area contributed by atoms with Crippen LogP contribution in [-0.2, 0) is 20.5 Å². The molecular formula is C34H35Cl2N5O5. The summed E-state index contributed by atoms with van der Waals surface area (Å²) in [6, 6.07) is 12.7. The summed E-state index contributed by atoms with van der Waals surface area (Å²) in [5.41, 5.74) is 3.05. The smallest absolute Gasteiger partial charge is 0.330 e. The van der Waals surface area contributed by atoms with Crippen molar-refractivity contribution in [1.82, 2.24) is 19.4 Å². The molecule has 10 nitrogen and oxygen atoms in total. The summed E-state index contributed by atoms with van der Waals surface area (Å²) in [7, 11) is 4.35. The fourth-order valence-electron chi connectivity index (χ4n) is 6.56. The molecule has 2 aromatic carbocycles. The molecule has 0 aliphatic heterocycles. The molecule has 0 bridgehead atoms. The Morgan fingerprint density at radius 3 is 2.39 bits per heavy atom. The Bertz CT molecular complexity index is 1950. The third-order valence-corrected chi connectivity index (χ3v) is 9.77. The van der Waals surface area contributed by atoms with E-state index in [1.165, 1.54) is 39.6 Å². The maximum Gasteiger partial charge on any atom is 0.330 e. The maximum absolute atomic E-state index is 13.1. The Labute approximate surface area is 276 Å². The summed E-state index contributed by atoms with van der Waals surface area (Å²) in [6.07, 6.45) is 6.87. The van der Waals surface area contributed by atoms with Crippen LogP contribution in [0.4, 0.5) is 5.69 Å². The molecule has 1 saturated carbocycles. The molecule has 2 heterocycles. The normalized spacial score (nSPS) is 18.0. The molecule has 2 atom stereocenters. The van der Waals surface area contributed by atoms with E-state index in [0.29, 0.717) is 45.7 Å². The van der Waals surface area contributed by atoms with Crippen molar-refractivity contribution in [2.75, 3.05) is 12.4 Å². The van der Waals surface area contributed by atoms with Crippen LogP contribution in [-0.4, -0.2) is 44.4 Å². The Hall–Kier alpha value is -3.96. The number of hydrogen-bond acceptors (Lipinski definition) is 7. The zero-order valence-electron chi connectivity index (χ0n) is 25.8. The summed E-state index contributed by atoms with van der Waals surface area (Å²) < 4.78 is 7.80. The topological polar surface area (TPSA) is 127 Å². The van der Waals surface area contributed by atoms with Gasteiger partial charge in [-0.15, -0.1) is 0 Å². The lowest BCUT2D eigenvalue weighted by Crippen LogP contribution is -2.40. The zero-order chi connectivity index (χ0) is 32.7. The number of anilines is 1. The van der Waals surface area contributed by atoms with Gasteiger partial charge in [-0.3, -0.25) is 14.2 Å². The number of methoxy groups -OCH3 is 1. The van der Waals surface area contributed by atoms with Crippen LogP contribution in [0, 0.1) is 0 Å². The first-order valence-corrected chi connectivity index (χ1v) is 16.0. The molecule has 12 heteroatoms. The molecule has 2 aliphatic rings. The summed E-state index contributed by atoms with van der Waals surface area (Å²) in [5, 5.41) is 18.0. The molecular weight excluding hydrogens is 629 g/mol. The van der Waals surface area contributed by atoms with E-state index >= 15 is 0 Å². The van der Waals surface area contributed by atoms with Gasteiger partial charge in [0.1, 0.15) is 5.56 Å². The van der Waals surface area contributed by atoms with Gasteiger partial charge in [-0.1, -0.05) is 72.8 Å². The van der Waals surface area contributed by atoms with Gasteiger partial charge in [0.15, 0.2) is 0 Å². The number of aliphatic hydroxyl groups excluding tert-OH is 1. The number of nitrogens with zero attached hydrogens (tertiary/aromatic N) is 3. The molecule has 3 N–H and O–H groups in total. The van der Waals surface area contributed by atoms with E-state index in [1.807, 2.05) is 24.3 Å². The zero-order valence-corrected chi connectivity index (χ0v) is 27.3. The minimum atomic E-state index is -0.718. The highest BCUT2D eigenvalue weighted by Gasteiger charge is 2.37. The van der Waals surface area contributed by atoms with Gasteiger partial charge in [-0.2, -0.15) is 0 Å². The molecule has 1 amide bonds. The van der Waals surface area contributed by atoms with Crippen molar-refractivity contribution in [3.05, 3.63) is 96.2 Å². The lowest BCUT2D eigenvalue weighted by atomic mass is 9.94. The summed E-state index contributed by atoms with van der Waals surface area (Å²) in [6.45, 7) is 0. The molecule has 4 aromatic rings. The van der Waals surface area contributed by atoms with Crippen molar-refractivity contribution >= 4 is 34.8 Å². The maximum atomic E-state index is 13.1. The van der Waals surface area contributed by atoms with Crippen LogP contribution in [0.25, 0.3) is 22.4 Å². The van der Waals surface area contributed by atoms with Crippen LogP contribution in [0.3, 0.4) is 0 Å². The van der Waals surface area contributed by atoms with Gasteiger partial charge in [0.05, 0.1) is 40.7 Å². The highest BCUT2D eigenvalue weighted by atomic mass is 35.5. The van der Waals surface area contributed by atoms with Gasteiger partial charge in [-0.05, 0) is 30.5 Å². The van der Waals surface area contributed by atoms with Crippen molar-refractivity contribution < 1.29 is 14.6 Å². The molecule has 46 heavy (non-hydrogen) atoms. The first-order valence-electron chi connectivity index (χ1n) is 15.3. The van der Waals surface area contributed by atoms with Crippen molar-refractivity contribution in [2.45, 2.75) is 56.7 Å². The van der Waals surface area contributed by atoms with Crippen LogP contribution in [0.2, 0.25) is 10.0 Å². The first kappa shape index (κ1) is 32.0. The summed E-state index contributed by atoms with van der Waals surface area (Å²) in [4.78, 5) is 42.6. The van der Waals surface area contributed by atoms with E-state index in [0.717, 1.165) is 33.1 Å². The van der Waals surface area contributed by atoms with E-state index in [4.69, 9.17) is 32.9 Å². The quantitative estimate of drug-likeness (QED) is 0.246. The molecule has 6 rings (SSSR count). The Kier molecular flexibility index (Phi) is 9.07. The predicted octanol–water partition coefficient (Wildman–Crippen LogP) is 5.26. The molecule has 2 aromatic heterocycles. The van der Waals surface area contributed by atoms with Crippen LogP contribution < -0.4 is 26.6 Å². The number of hydrogen-bond donors (Lipinski definition) is 3. The standard InChI is InChI=1S/C34H35Cl2N5O5/c1-40-17-23(33(44)41(2)34(40)45)31(43)38-24-14-8-12-21(29(24)36)20-11-7-13-22(28(20)35)25-15-18-16-26(42)30(27(18)32(39-25)46-3)37-19-9-5-4-6-10-19/h7-8,11-15,17,19,26,30,37,42H,4-6,9-10,16H2,1-3H3,(H,38,43). The highest BCUT2D eigenvalue weighted by Crippen LogP contribution is 2.44. The fraction of sp³-hybridized carbons (Fsp3) is 0.353.